The molecule has 2 rings (SSSR count). The van der Waals surface area contributed by atoms with Gasteiger partial charge in [-0.25, -0.2) is 0 Å². The van der Waals surface area contributed by atoms with Gasteiger partial charge in [-0.2, -0.15) is 0 Å². The summed E-state index contributed by atoms with van der Waals surface area (Å²) in [5.41, 5.74) is 2.52. The van der Waals surface area contributed by atoms with Crippen LogP contribution >= 0.6 is 0 Å². The fraction of sp³-hybridized carbons (Fsp3) is 0.294. The van der Waals surface area contributed by atoms with Crippen LogP contribution in [0.3, 0.4) is 0 Å². The fourth-order valence-corrected chi connectivity index (χ4v) is 2.06. The monoisotopic (exact) mass is 254 g/mol. The van der Waals surface area contributed by atoms with Crippen LogP contribution in [0.2, 0.25) is 0 Å². The van der Waals surface area contributed by atoms with Crippen LogP contribution < -0.4 is 0 Å². The zero-order valence-corrected chi connectivity index (χ0v) is 11.6. The minimum Gasteiger partial charge on any atom is -0.354 e. The lowest BCUT2D eigenvalue weighted by Gasteiger charge is -2.21. The van der Waals surface area contributed by atoms with Gasteiger partial charge in [0, 0.05) is 37.9 Å². The molecule has 0 bridgehead atoms. The molecule has 0 saturated heterocycles. The zero-order valence-electron chi connectivity index (χ0n) is 11.6. The number of rotatable bonds is 5. The predicted molar refractivity (Wildman–Crippen MR) is 82.1 cm³/mol. The highest BCUT2D eigenvalue weighted by Gasteiger charge is 2.05. The molecule has 0 aromatic heterocycles. The van der Waals surface area contributed by atoms with Gasteiger partial charge in [-0.05, 0) is 41.9 Å². The van der Waals surface area contributed by atoms with Gasteiger partial charge in [-0.15, -0.1) is 6.58 Å². The van der Waals surface area contributed by atoms with E-state index in [1.54, 1.807) is 0 Å². The first-order chi connectivity index (χ1) is 9.33. The van der Waals surface area contributed by atoms with E-state index in [0.717, 1.165) is 13.1 Å². The maximum atomic E-state index is 3.75. The quantitative estimate of drug-likeness (QED) is 0.685. The van der Waals surface area contributed by atoms with Crippen LogP contribution in [0.5, 0.6) is 0 Å². The number of allylic oxidation sites excluding steroid dienone is 6. The smallest absolute Gasteiger partial charge is 0.0397 e. The second-order valence-electron chi connectivity index (χ2n) is 4.75. The average Bonchev–Trinajstić information content (AvgIpc) is 2.47. The second-order valence-corrected chi connectivity index (χ2v) is 4.75. The lowest BCUT2D eigenvalue weighted by atomic mass is 10.0. The van der Waals surface area contributed by atoms with Gasteiger partial charge in [0.05, 0.1) is 0 Å². The van der Waals surface area contributed by atoms with Crippen molar-refractivity contribution in [3.05, 3.63) is 72.9 Å². The molecule has 2 aliphatic rings. The summed E-state index contributed by atoms with van der Waals surface area (Å²) in [5, 5.41) is 0. The van der Waals surface area contributed by atoms with E-state index in [4.69, 9.17) is 0 Å². The van der Waals surface area contributed by atoms with Crippen LogP contribution in [0, 0.1) is 0 Å². The molecule has 2 nitrogen and oxygen atoms in total. The van der Waals surface area contributed by atoms with E-state index < -0.39 is 0 Å². The minimum absolute atomic E-state index is 0.853. The average molecular weight is 254 g/mol. The molecule has 19 heavy (non-hydrogen) atoms. The van der Waals surface area contributed by atoms with E-state index in [2.05, 4.69) is 72.4 Å². The van der Waals surface area contributed by atoms with Crippen molar-refractivity contribution in [1.82, 2.24) is 9.80 Å². The molecule has 0 aromatic rings. The van der Waals surface area contributed by atoms with Crippen LogP contribution in [-0.4, -0.2) is 22.9 Å². The Bertz CT molecular complexity index is 432. The van der Waals surface area contributed by atoms with Gasteiger partial charge in [-0.1, -0.05) is 19.4 Å². The van der Waals surface area contributed by atoms with E-state index in [9.17, 15) is 0 Å². The second kappa shape index (κ2) is 6.83. The Labute approximate surface area is 116 Å². The molecule has 0 spiro atoms. The molecule has 100 valence electrons. The number of unbranched alkanes of at least 4 members (excludes halogenated alkanes) is 1. The molecule has 0 aliphatic carbocycles. The molecule has 2 aliphatic heterocycles. The number of nitrogens with zero attached hydrogens (tertiary/aromatic N) is 2. The van der Waals surface area contributed by atoms with Crippen LogP contribution in [0.4, 0.5) is 0 Å². The highest BCUT2D eigenvalue weighted by atomic mass is 15.1. The van der Waals surface area contributed by atoms with E-state index >= 15 is 0 Å². The summed E-state index contributed by atoms with van der Waals surface area (Å²) in [6.07, 6.45) is 21.5. The maximum absolute atomic E-state index is 3.75. The molecule has 0 saturated carbocycles. The summed E-state index contributed by atoms with van der Waals surface area (Å²) >= 11 is 0. The summed E-state index contributed by atoms with van der Waals surface area (Å²) < 4.78 is 0. The number of hydrogen-bond acceptors (Lipinski definition) is 2. The lowest BCUT2D eigenvalue weighted by molar-refractivity contribution is 0.481. The highest BCUT2D eigenvalue weighted by molar-refractivity contribution is 5.48. The van der Waals surface area contributed by atoms with E-state index in [1.807, 2.05) is 6.08 Å². The van der Waals surface area contributed by atoms with E-state index in [1.165, 1.54) is 24.0 Å². The largest absolute Gasteiger partial charge is 0.354 e. The zero-order chi connectivity index (χ0) is 13.5. The Kier molecular flexibility index (Phi) is 4.85. The minimum atomic E-state index is 0.853. The summed E-state index contributed by atoms with van der Waals surface area (Å²) in [7, 11) is 0. The molecule has 2 heteroatoms. The van der Waals surface area contributed by atoms with Crippen molar-refractivity contribution in [2.24, 2.45) is 0 Å². The Morgan fingerprint density at radius 1 is 0.947 bits per heavy atom. The van der Waals surface area contributed by atoms with Crippen molar-refractivity contribution in [2.45, 2.75) is 19.8 Å². The van der Waals surface area contributed by atoms with Crippen molar-refractivity contribution in [3.8, 4) is 0 Å². The van der Waals surface area contributed by atoms with Crippen LogP contribution in [0.15, 0.2) is 72.9 Å². The van der Waals surface area contributed by atoms with Crippen molar-refractivity contribution in [2.75, 3.05) is 13.1 Å². The third kappa shape index (κ3) is 3.75. The topological polar surface area (TPSA) is 6.48 Å². The van der Waals surface area contributed by atoms with Gasteiger partial charge >= 0.3 is 0 Å². The Morgan fingerprint density at radius 2 is 1.47 bits per heavy atom. The molecule has 0 fully saturated rings. The third-order valence-electron chi connectivity index (χ3n) is 3.23. The fourth-order valence-electron chi connectivity index (χ4n) is 2.06. The summed E-state index contributed by atoms with van der Waals surface area (Å²) in [4.78, 5) is 4.36. The summed E-state index contributed by atoms with van der Waals surface area (Å²) in [5.74, 6) is 0. The number of hydrogen-bond donors (Lipinski definition) is 0. The van der Waals surface area contributed by atoms with Gasteiger partial charge in [-0.3, -0.25) is 0 Å². The molecule has 2 heterocycles. The normalized spacial score (nSPS) is 17.5. The summed E-state index contributed by atoms with van der Waals surface area (Å²) in [6.45, 7) is 7.92. The van der Waals surface area contributed by atoms with Crippen molar-refractivity contribution < 1.29 is 0 Å². The first-order valence-corrected chi connectivity index (χ1v) is 6.93. The Hall–Kier alpha value is -1.96. The molecule has 0 amide bonds. The maximum Gasteiger partial charge on any atom is 0.0397 e. The Morgan fingerprint density at radius 3 is 1.95 bits per heavy atom. The lowest BCUT2D eigenvalue weighted by Crippen LogP contribution is -2.14. The molecule has 0 N–H and O–H groups in total. The first kappa shape index (κ1) is 13.5. The predicted octanol–water partition coefficient (Wildman–Crippen LogP) is 3.96. The van der Waals surface area contributed by atoms with Crippen LogP contribution in [0.25, 0.3) is 0 Å². The van der Waals surface area contributed by atoms with Gasteiger partial charge < -0.3 is 9.80 Å². The van der Waals surface area contributed by atoms with Crippen LogP contribution in [-0.2, 0) is 0 Å². The molecule has 0 unspecified atom stereocenters. The molecular weight excluding hydrogens is 232 g/mol. The first-order valence-electron chi connectivity index (χ1n) is 6.93. The van der Waals surface area contributed by atoms with Gasteiger partial charge in [0.1, 0.15) is 0 Å². The molecular formula is C17H22N2. The molecule has 0 radical (unpaired) electrons. The standard InChI is InChI=1S/C17H22N2/c1-3-5-11-19-14-8-17(9-15-19)16-6-12-18(10-4-2)13-7-16/h4,6-9,12-15H,2-3,5,10-11H2,1H3. The van der Waals surface area contributed by atoms with Crippen molar-refractivity contribution >= 4 is 0 Å². The van der Waals surface area contributed by atoms with Gasteiger partial charge in [0.15, 0.2) is 0 Å². The van der Waals surface area contributed by atoms with Crippen molar-refractivity contribution in [1.29, 1.82) is 0 Å². The molecule has 0 atom stereocenters. The van der Waals surface area contributed by atoms with Crippen molar-refractivity contribution in [3.63, 3.8) is 0 Å². The van der Waals surface area contributed by atoms with E-state index in [-0.39, 0.29) is 0 Å². The van der Waals surface area contributed by atoms with Gasteiger partial charge in [0.25, 0.3) is 0 Å². The summed E-state index contributed by atoms with van der Waals surface area (Å²) in [6, 6.07) is 0. The van der Waals surface area contributed by atoms with E-state index in [0.29, 0.717) is 0 Å². The Balaban J connectivity index is 1.99. The highest BCUT2D eigenvalue weighted by Crippen LogP contribution is 2.19. The van der Waals surface area contributed by atoms with Gasteiger partial charge in [0.2, 0.25) is 0 Å². The third-order valence-corrected chi connectivity index (χ3v) is 3.23. The van der Waals surface area contributed by atoms with Crippen LogP contribution in [0.1, 0.15) is 19.8 Å². The SMILES string of the molecule is C=CCN1C=CC(=C2C=CN(CCCC)C=C2)C=C1. The molecule has 0 aromatic carbocycles.